The van der Waals surface area contributed by atoms with E-state index in [4.69, 9.17) is 5.26 Å². The van der Waals surface area contributed by atoms with E-state index in [1.807, 2.05) is 13.0 Å². The molecular weight excluding hydrogens is 102 g/mol. The van der Waals surface area contributed by atoms with Crippen LogP contribution in [-0.2, 0) is 0 Å². The van der Waals surface area contributed by atoms with Gasteiger partial charge in [-0.15, -0.1) is 0 Å². The molecule has 0 heterocycles. The van der Waals surface area contributed by atoms with E-state index in [9.17, 15) is 0 Å². The van der Waals surface area contributed by atoms with E-state index >= 15 is 0 Å². The summed E-state index contributed by atoms with van der Waals surface area (Å²) in [5.41, 5.74) is 0. The van der Waals surface area contributed by atoms with Crippen LogP contribution < -0.4 is 0 Å². The van der Waals surface area contributed by atoms with Gasteiger partial charge in [-0.2, -0.15) is 15.5 Å². The van der Waals surface area contributed by atoms with Crippen LogP contribution in [0.2, 0.25) is 0 Å². The second kappa shape index (κ2) is 4.25. The average Bonchev–Trinajstić information content (AvgIpc) is 1.68. The molecule has 0 aromatic heterocycles. The van der Waals surface area contributed by atoms with Crippen LogP contribution in [0.1, 0.15) is 13.3 Å². The van der Waals surface area contributed by atoms with Crippen molar-refractivity contribution >= 4 is 0 Å². The molecule has 0 saturated heterocycles. The predicted molar refractivity (Wildman–Crippen MR) is 30.5 cm³/mol. The zero-order chi connectivity index (χ0) is 6.41. The van der Waals surface area contributed by atoms with Crippen LogP contribution in [0.3, 0.4) is 0 Å². The van der Waals surface area contributed by atoms with Crippen LogP contribution in [-0.4, -0.2) is 13.1 Å². The highest BCUT2D eigenvalue weighted by Gasteiger charge is 1.93. The van der Waals surface area contributed by atoms with Crippen LogP contribution >= 0.6 is 0 Å². The molecule has 0 spiro atoms. The summed E-state index contributed by atoms with van der Waals surface area (Å²) in [6.45, 7) is 1.86. The second-order valence-corrected chi connectivity index (χ2v) is 1.53. The molecule has 0 saturated carbocycles. The van der Waals surface area contributed by atoms with E-state index in [2.05, 4.69) is 10.2 Å². The van der Waals surface area contributed by atoms with Gasteiger partial charge in [-0.3, -0.25) is 0 Å². The lowest BCUT2D eigenvalue weighted by Gasteiger charge is -1.92. The van der Waals surface area contributed by atoms with Crippen molar-refractivity contribution in [2.75, 3.05) is 7.05 Å². The lowest BCUT2D eigenvalue weighted by molar-refractivity contribution is 0.714. The van der Waals surface area contributed by atoms with Crippen molar-refractivity contribution in [2.24, 2.45) is 10.2 Å². The summed E-state index contributed by atoms with van der Waals surface area (Å²) in [6, 6.07) is 2.06. The smallest absolute Gasteiger partial charge is 0.0809 e. The van der Waals surface area contributed by atoms with E-state index in [1.54, 1.807) is 7.05 Å². The molecule has 0 amide bonds. The fourth-order valence-electron chi connectivity index (χ4n) is 0.370. The zero-order valence-corrected chi connectivity index (χ0v) is 5.13. The Hall–Kier alpha value is -0.910. The standard InChI is InChI=1S/C5H9N3/c1-5(3-4-6)8-7-2/h5H,3H2,1-2H3. The van der Waals surface area contributed by atoms with E-state index in [0.29, 0.717) is 6.42 Å². The third kappa shape index (κ3) is 3.29. The van der Waals surface area contributed by atoms with Gasteiger partial charge in [0.05, 0.1) is 18.5 Å². The van der Waals surface area contributed by atoms with Crippen LogP contribution in [0.15, 0.2) is 10.2 Å². The molecule has 0 aliphatic rings. The Balaban J connectivity index is 3.36. The number of nitrogens with zero attached hydrogens (tertiary/aromatic N) is 3. The van der Waals surface area contributed by atoms with E-state index < -0.39 is 0 Å². The van der Waals surface area contributed by atoms with Gasteiger partial charge in [0.1, 0.15) is 0 Å². The summed E-state index contributed by atoms with van der Waals surface area (Å²) in [4.78, 5) is 0. The van der Waals surface area contributed by atoms with Crippen molar-refractivity contribution < 1.29 is 0 Å². The summed E-state index contributed by atoms with van der Waals surface area (Å²) < 4.78 is 0. The molecule has 44 valence electrons. The fraction of sp³-hybridized carbons (Fsp3) is 0.800. The third-order valence-electron chi connectivity index (χ3n) is 0.699. The normalized spacial score (nSPS) is 13.6. The molecule has 0 N–H and O–H groups in total. The average molecular weight is 111 g/mol. The quantitative estimate of drug-likeness (QED) is 0.496. The fourth-order valence-corrected chi connectivity index (χ4v) is 0.370. The number of hydrogen-bond donors (Lipinski definition) is 0. The van der Waals surface area contributed by atoms with Crippen LogP contribution in [0.4, 0.5) is 0 Å². The largest absolute Gasteiger partial charge is 0.198 e. The van der Waals surface area contributed by atoms with Crippen molar-refractivity contribution in [3.05, 3.63) is 0 Å². The Bertz CT molecular complexity index is 111. The highest BCUT2D eigenvalue weighted by atomic mass is 15.1. The number of azo groups is 1. The lowest BCUT2D eigenvalue weighted by Crippen LogP contribution is -1.92. The van der Waals surface area contributed by atoms with E-state index in [0.717, 1.165) is 0 Å². The molecule has 0 fully saturated rings. The molecule has 1 unspecified atom stereocenters. The van der Waals surface area contributed by atoms with Gasteiger partial charge in [-0.05, 0) is 6.92 Å². The van der Waals surface area contributed by atoms with Crippen molar-refractivity contribution in [1.82, 2.24) is 0 Å². The van der Waals surface area contributed by atoms with Crippen molar-refractivity contribution in [2.45, 2.75) is 19.4 Å². The second-order valence-electron chi connectivity index (χ2n) is 1.53. The SMILES string of the molecule is CN=NC(C)CC#N. The first-order chi connectivity index (χ1) is 3.81. The Morgan fingerprint density at radius 1 is 1.75 bits per heavy atom. The van der Waals surface area contributed by atoms with Gasteiger partial charge in [0.15, 0.2) is 0 Å². The number of rotatable bonds is 2. The molecule has 0 aromatic rings. The zero-order valence-electron chi connectivity index (χ0n) is 5.13. The lowest BCUT2D eigenvalue weighted by atomic mass is 10.3. The molecule has 0 rings (SSSR count). The molecule has 0 aromatic carbocycles. The van der Waals surface area contributed by atoms with Crippen LogP contribution in [0.25, 0.3) is 0 Å². The van der Waals surface area contributed by atoms with Gasteiger partial charge >= 0.3 is 0 Å². The molecule has 8 heavy (non-hydrogen) atoms. The summed E-state index contributed by atoms with van der Waals surface area (Å²) in [5, 5.41) is 15.4. The Morgan fingerprint density at radius 3 is 2.75 bits per heavy atom. The molecule has 0 aliphatic carbocycles. The predicted octanol–water partition coefficient (Wildman–Crippen LogP) is 1.37. The minimum atomic E-state index is 0.0602. The Morgan fingerprint density at radius 2 is 2.38 bits per heavy atom. The molecule has 3 heteroatoms. The maximum Gasteiger partial charge on any atom is 0.0809 e. The van der Waals surface area contributed by atoms with Gasteiger partial charge in [0.2, 0.25) is 0 Å². The minimum Gasteiger partial charge on any atom is -0.198 e. The van der Waals surface area contributed by atoms with Crippen molar-refractivity contribution in [3.8, 4) is 6.07 Å². The summed E-state index contributed by atoms with van der Waals surface area (Å²) in [6.07, 6.45) is 0.456. The van der Waals surface area contributed by atoms with Crippen LogP contribution in [0, 0.1) is 11.3 Å². The maximum atomic E-state index is 8.11. The Kier molecular flexibility index (Phi) is 3.77. The van der Waals surface area contributed by atoms with Gasteiger partial charge < -0.3 is 0 Å². The first kappa shape index (κ1) is 7.09. The van der Waals surface area contributed by atoms with Crippen molar-refractivity contribution in [1.29, 1.82) is 5.26 Å². The molecule has 0 bridgehead atoms. The molecule has 0 radical (unpaired) electrons. The first-order valence-corrected chi connectivity index (χ1v) is 2.47. The molecule has 0 aliphatic heterocycles. The highest BCUT2D eigenvalue weighted by molar-refractivity contribution is 4.75. The summed E-state index contributed by atoms with van der Waals surface area (Å²) in [5.74, 6) is 0. The van der Waals surface area contributed by atoms with Crippen molar-refractivity contribution in [3.63, 3.8) is 0 Å². The topological polar surface area (TPSA) is 48.5 Å². The molecule has 3 nitrogen and oxygen atoms in total. The Labute approximate surface area is 49.0 Å². The van der Waals surface area contributed by atoms with Gasteiger partial charge in [0.25, 0.3) is 0 Å². The first-order valence-electron chi connectivity index (χ1n) is 2.47. The van der Waals surface area contributed by atoms with Crippen LogP contribution in [0.5, 0.6) is 0 Å². The molecular formula is C5H9N3. The summed E-state index contributed by atoms with van der Waals surface area (Å²) in [7, 11) is 1.61. The number of nitriles is 1. The van der Waals surface area contributed by atoms with Gasteiger partial charge in [-0.25, -0.2) is 0 Å². The highest BCUT2D eigenvalue weighted by Crippen LogP contribution is 1.93. The third-order valence-corrected chi connectivity index (χ3v) is 0.699. The monoisotopic (exact) mass is 111 g/mol. The van der Waals surface area contributed by atoms with Gasteiger partial charge in [0, 0.05) is 7.05 Å². The maximum absolute atomic E-state index is 8.11. The number of hydrogen-bond acceptors (Lipinski definition) is 3. The minimum absolute atomic E-state index is 0.0602. The molecule has 1 atom stereocenters. The van der Waals surface area contributed by atoms with E-state index in [1.165, 1.54) is 0 Å². The van der Waals surface area contributed by atoms with Gasteiger partial charge in [-0.1, -0.05) is 0 Å². The van der Waals surface area contributed by atoms with E-state index in [-0.39, 0.29) is 6.04 Å². The summed E-state index contributed by atoms with van der Waals surface area (Å²) >= 11 is 0.